The average Bonchev–Trinajstić information content (AvgIpc) is 2.16. The van der Waals surface area contributed by atoms with Crippen molar-refractivity contribution in [2.24, 2.45) is 0 Å². The fraction of sp³-hybridized carbons (Fsp3) is 0.875. The Morgan fingerprint density at radius 2 is 1.92 bits per heavy atom. The molecule has 0 amide bonds. The molecular weight excluding hydrogens is 176 g/mol. The van der Waals surface area contributed by atoms with Crippen molar-refractivity contribution in [3.05, 3.63) is 0 Å². The van der Waals surface area contributed by atoms with E-state index in [1.54, 1.807) is 0 Å². The van der Waals surface area contributed by atoms with Crippen molar-refractivity contribution in [2.45, 2.75) is 6.42 Å². The Hall–Kier alpha value is -0.650. The molecule has 0 saturated carbocycles. The van der Waals surface area contributed by atoms with E-state index in [4.69, 9.17) is 14.6 Å². The summed E-state index contributed by atoms with van der Waals surface area (Å²) in [5.74, 6) is -0.378. The number of hydrogen-bond acceptors (Lipinski definition) is 5. The van der Waals surface area contributed by atoms with E-state index in [1.165, 1.54) is 7.11 Å². The number of carbonyl (C=O) groups is 1. The molecular formula is C8H16O5. The number of methoxy groups -OCH3 is 1. The van der Waals surface area contributed by atoms with Crippen LogP contribution in [0.25, 0.3) is 0 Å². The summed E-state index contributed by atoms with van der Waals surface area (Å²) in [6.07, 6.45) is 0.705. The number of aliphatic hydroxyl groups is 1. The van der Waals surface area contributed by atoms with Gasteiger partial charge in [0.1, 0.15) is 6.61 Å². The second kappa shape index (κ2) is 9.44. The predicted molar refractivity (Wildman–Crippen MR) is 45.4 cm³/mol. The lowest BCUT2D eigenvalue weighted by atomic mass is 10.5. The zero-order chi connectivity index (χ0) is 9.94. The quantitative estimate of drug-likeness (QED) is 0.418. The third-order valence-electron chi connectivity index (χ3n) is 1.26. The standard InChI is InChI=1S/C8H16O5/c1-11-8(10)7-13-5-2-4-12-6-3-9/h9H,2-7H2,1H3. The summed E-state index contributed by atoms with van der Waals surface area (Å²) < 4.78 is 14.3. The molecule has 5 nitrogen and oxygen atoms in total. The predicted octanol–water partition coefficient (Wildman–Crippen LogP) is -0.425. The van der Waals surface area contributed by atoms with Crippen LogP contribution < -0.4 is 0 Å². The van der Waals surface area contributed by atoms with E-state index < -0.39 is 0 Å². The lowest BCUT2D eigenvalue weighted by Gasteiger charge is -2.03. The Labute approximate surface area is 77.6 Å². The zero-order valence-corrected chi connectivity index (χ0v) is 7.82. The van der Waals surface area contributed by atoms with Gasteiger partial charge in [0.05, 0.1) is 20.3 Å². The van der Waals surface area contributed by atoms with E-state index in [-0.39, 0.29) is 19.2 Å². The van der Waals surface area contributed by atoms with E-state index in [2.05, 4.69) is 4.74 Å². The molecule has 1 N–H and O–H groups in total. The molecule has 0 radical (unpaired) electrons. The second-order valence-electron chi connectivity index (χ2n) is 2.32. The van der Waals surface area contributed by atoms with Crippen molar-refractivity contribution >= 4 is 5.97 Å². The van der Waals surface area contributed by atoms with Gasteiger partial charge < -0.3 is 19.3 Å². The Morgan fingerprint density at radius 1 is 1.23 bits per heavy atom. The molecule has 0 aliphatic rings. The van der Waals surface area contributed by atoms with Gasteiger partial charge in [0.2, 0.25) is 0 Å². The maximum absolute atomic E-state index is 10.5. The molecule has 0 bridgehead atoms. The fourth-order valence-corrected chi connectivity index (χ4v) is 0.644. The van der Waals surface area contributed by atoms with Crippen LogP contribution in [0.15, 0.2) is 0 Å². The molecule has 0 aliphatic carbocycles. The maximum Gasteiger partial charge on any atom is 0.331 e. The van der Waals surface area contributed by atoms with E-state index in [1.807, 2.05) is 0 Å². The molecule has 78 valence electrons. The van der Waals surface area contributed by atoms with Crippen LogP contribution in [0.1, 0.15) is 6.42 Å². The van der Waals surface area contributed by atoms with Crippen LogP contribution in [-0.4, -0.2) is 51.2 Å². The van der Waals surface area contributed by atoms with Crippen LogP contribution in [0.2, 0.25) is 0 Å². The first-order valence-electron chi connectivity index (χ1n) is 4.14. The maximum atomic E-state index is 10.5. The van der Waals surface area contributed by atoms with E-state index in [0.29, 0.717) is 26.2 Å². The summed E-state index contributed by atoms with van der Waals surface area (Å²) in [5.41, 5.74) is 0. The fourth-order valence-electron chi connectivity index (χ4n) is 0.644. The number of hydrogen-bond donors (Lipinski definition) is 1. The lowest BCUT2D eigenvalue weighted by Crippen LogP contribution is -2.12. The number of esters is 1. The highest BCUT2D eigenvalue weighted by molar-refractivity contribution is 5.70. The van der Waals surface area contributed by atoms with Crippen molar-refractivity contribution in [3.8, 4) is 0 Å². The van der Waals surface area contributed by atoms with Gasteiger partial charge in [-0.25, -0.2) is 4.79 Å². The van der Waals surface area contributed by atoms with Crippen LogP contribution in [0.3, 0.4) is 0 Å². The zero-order valence-electron chi connectivity index (χ0n) is 7.82. The largest absolute Gasteiger partial charge is 0.467 e. The first-order valence-corrected chi connectivity index (χ1v) is 4.14. The van der Waals surface area contributed by atoms with Crippen molar-refractivity contribution in [2.75, 3.05) is 40.1 Å². The van der Waals surface area contributed by atoms with Crippen molar-refractivity contribution < 1.29 is 24.1 Å². The Balaban J connectivity index is 2.95. The second-order valence-corrected chi connectivity index (χ2v) is 2.32. The van der Waals surface area contributed by atoms with Gasteiger partial charge >= 0.3 is 5.97 Å². The Kier molecular flexibility index (Phi) is 8.97. The molecule has 0 fully saturated rings. The van der Waals surface area contributed by atoms with E-state index in [0.717, 1.165) is 0 Å². The van der Waals surface area contributed by atoms with Gasteiger partial charge in [-0.3, -0.25) is 0 Å². The summed E-state index contributed by atoms with van der Waals surface area (Å²) in [7, 11) is 1.32. The number of aliphatic hydroxyl groups excluding tert-OH is 1. The van der Waals surface area contributed by atoms with Gasteiger partial charge in [-0.2, -0.15) is 0 Å². The molecule has 0 spiro atoms. The highest BCUT2D eigenvalue weighted by Gasteiger charge is 1.98. The smallest absolute Gasteiger partial charge is 0.331 e. The van der Waals surface area contributed by atoms with Crippen molar-refractivity contribution in [3.63, 3.8) is 0 Å². The van der Waals surface area contributed by atoms with E-state index in [9.17, 15) is 4.79 Å². The van der Waals surface area contributed by atoms with Crippen LogP contribution >= 0.6 is 0 Å². The van der Waals surface area contributed by atoms with Gasteiger partial charge in [-0.05, 0) is 6.42 Å². The van der Waals surface area contributed by atoms with Gasteiger partial charge in [0.25, 0.3) is 0 Å². The monoisotopic (exact) mass is 192 g/mol. The van der Waals surface area contributed by atoms with Crippen LogP contribution in [0.4, 0.5) is 0 Å². The first kappa shape index (κ1) is 12.3. The van der Waals surface area contributed by atoms with Crippen molar-refractivity contribution in [1.82, 2.24) is 0 Å². The Morgan fingerprint density at radius 3 is 2.54 bits per heavy atom. The highest BCUT2D eigenvalue weighted by Crippen LogP contribution is 1.85. The molecule has 0 aromatic carbocycles. The molecule has 0 aromatic heterocycles. The molecule has 0 atom stereocenters. The van der Waals surface area contributed by atoms with Crippen LogP contribution in [-0.2, 0) is 19.0 Å². The normalized spacial score (nSPS) is 10.0. The van der Waals surface area contributed by atoms with Crippen LogP contribution in [0.5, 0.6) is 0 Å². The summed E-state index contributed by atoms with van der Waals surface area (Å²) >= 11 is 0. The summed E-state index contributed by atoms with van der Waals surface area (Å²) in [6.45, 7) is 1.35. The molecule has 0 heterocycles. The minimum absolute atomic E-state index is 0.0174. The third kappa shape index (κ3) is 9.26. The third-order valence-corrected chi connectivity index (χ3v) is 1.26. The molecule has 0 saturated heterocycles. The first-order chi connectivity index (χ1) is 6.31. The molecule has 0 aliphatic heterocycles. The number of carbonyl (C=O) groups excluding carboxylic acids is 1. The Bertz CT molecular complexity index is 126. The minimum atomic E-state index is -0.378. The van der Waals surface area contributed by atoms with Crippen LogP contribution in [0, 0.1) is 0 Å². The van der Waals surface area contributed by atoms with Gasteiger partial charge in [-0.15, -0.1) is 0 Å². The summed E-state index contributed by atoms with van der Waals surface area (Å²) in [5, 5.41) is 8.36. The molecule has 0 aromatic rings. The average molecular weight is 192 g/mol. The van der Waals surface area contributed by atoms with Gasteiger partial charge in [-0.1, -0.05) is 0 Å². The summed E-state index contributed by atoms with van der Waals surface area (Å²) in [4.78, 5) is 10.5. The molecule has 5 heteroatoms. The van der Waals surface area contributed by atoms with Gasteiger partial charge in [0, 0.05) is 13.2 Å². The lowest BCUT2D eigenvalue weighted by molar-refractivity contribution is -0.146. The SMILES string of the molecule is COC(=O)COCCCOCCO. The number of ether oxygens (including phenoxy) is 3. The van der Waals surface area contributed by atoms with Gasteiger partial charge in [0.15, 0.2) is 0 Å². The minimum Gasteiger partial charge on any atom is -0.467 e. The molecule has 13 heavy (non-hydrogen) atoms. The number of rotatable bonds is 8. The topological polar surface area (TPSA) is 65.0 Å². The molecule has 0 unspecified atom stereocenters. The molecule has 0 rings (SSSR count). The van der Waals surface area contributed by atoms with Crippen molar-refractivity contribution in [1.29, 1.82) is 0 Å². The highest BCUT2D eigenvalue weighted by atomic mass is 16.6. The summed E-state index contributed by atoms with van der Waals surface area (Å²) in [6, 6.07) is 0. The van der Waals surface area contributed by atoms with E-state index >= 15 is 0 Å².